The highest BCUT2D eigenvalue weighted by atomic mass is 35.5. The van der Waals surface area contributed by atoms with Crippen LogP contribution in [-0.4, -0.2) is 38.3 Å². The van der Waals surface area contributed by atoms with Crippen LogP contribution in [0.5, 0.6) is 5.75 Å². The molecule has 2 aromatic carbocycles. The fourth-order valence-corrected chi connectivity index (χ4v) is 5.00. The Labute approximate surface area is 189 Å². The molecule has 1 aliphatic rings. The van der Waals surface area contributed by atoms with Crippen LogP contribution in [0.2, 0.25) is 5.02 Å². The lowest BCUT2D eigenvalue weighted by atomic mass is 10.1. The first kappa shape index (κ1) is 24.3. The minimum absolute atomic E-state index is 0.0362. The fourth-order valence-electron chi connectivity index (χ4n) is 3.25. The normalized spacial score (nSPS) is 15.0. The number of amides is 1. The number of hydrogen-bond donors (Lipinski definition) is 1. The number of nitrogens with one attached hydrogen (secondary N) is 1. The maximum absolute atomic E-state index is 13.2. The lowest BCUT2D eigenvalue weighted by molar-refractivity contribution is -0.137. The van der Waals surface area contributed by atoms with E-state index in [0.717, 1.165) is 37.1 Å². The van der Waals surface area contributed by atoms with Crippen LogP contribution in [-0.2, 0) is 16.2 Å². The second kappa shape index (κ2) is 9.68. The molecule has 1 N–H and O–H groups in total. The van der Waals surface area contributed by atoms with E-state index in [2.05, 4.69) is 5.32 Å². The monoisotopic (exact) mass is 490 g/mol. The summed E-state index contributed by atoms with van der Waals surface area (Å²) < 4.78 is 71.9. The van der Waals surface area contributed by atoms with Gasteiger partial charge in [0.1, 0.15) is 5.75 Å². The van der Waals surface area contributed by atoms with Crippen LogP contribution in [0, 0.1) is 0 Å². The van der Waals surface area contributed by atoms with Crippen LogP contribution < -0.4 is 10.1 Å². The first-order chi connectivity index (χ1) is 15.0. The summed E-state index contributed by atoms with van der Waals surface area (Å²) in [4.78, 5) is 12.8. The molecule has 0 aliphatic carbocycles. The molecule has 0 radical (unpaired) electrons. The number of sulfonamides is 1. The van der Waals surface area contributed by atoms with Crippen molar-refractivity contribution in [2.75, 3.05) is 25.0 Å². The number of anilines is 1. The highest BCUT2D eigenvalue weighted by Gasteiger charge is 2.32. The number of alkyl halides is 3. The Bertz CT molecular complexity index is 1100. The molecule has 0 bridgehead atoms. The quantitative estimate of drug-likeness (QED) is 0.580. The lowest BCUT2D eigenvalue weighted by Crippen LogP contribution is -2.28. The largest absolute Gasteiger partial charge is 0.491 e. The predicted molar refractivity (Wildman–Crippen MR) is 115 cm³/mol. The summed E-state index contributed by atoms with van der Waals surface area (Å²) in [6.07, 6.45) is -2.52. The molecular weight excluding hydrogens is 469 g/mol. The van der Waals surface area contributed by atoms with Crippen molar-refractivity contribution >= 4 is 33.2 Å². The average molecular weight is 491 g/mol. The number of nitrogens with zero attached hydrogens (tertiary/aromatic N) is 1. The molecule has 2 aromatic rings. The summed E-state index contributed by atoms with van der Waals surface area (Å²) in [5, 5.41) is 2.34. The third kappa shape index (κ3) is 5.36. The third-order valence-electron chi connectivity index (χ3n) is 4.90. The van der Waals surface area contributed by atoms with Crippen molar-refractivity contribution in [2.45, 2.75) is 37.3 Å². The van der Waals surface area contributed by atoms with Gasteiger partial charge in [0, 0.05) is 13.1 Å². The summed E-state index contributed by atoms with van der Waals surface area (Å²) in [5.41, 5.74) is -1.33. The van der Waals surface area contributed by atoms with Crippen LogP contribution in [0.15, 0.2) is 41.3 Å². The van der Waals surface area contributed by atoms with E-state index >= 15 is 0 Å². The van der Waals surface area contributed by atoms with Gasteiger partial charge in [0.05, 0.1) is 33.3 Å². The van der Waals surface area contributed by atoms with Gasteiger partial charge in [-0.3, -0.25) is 4.79 Å². The van der Waals surface area contributed by atoms with E-state index in [1.807, 2.05) is 6.92 Å². The zero-order valence-electron chi connectivity index (χ0n) is 17.2. The van der Waals surface area contributed by atoms with Crippen molar-refractivity contribution in [1.82, 2.24) is 4.31 Å². The highest BCUT2D eigenvalue weighted by Crippen LogP contribution is 2.36. The zero-order valence-corrected chi connectivity index (χ0v) is 18.8. The maximum atomic E-state index is 13.2. The summed E-state index contributed by atoms with van der Waals surface area (Å²) in [5.74, 6) is -0.792. The van der Waals surface area contributed by atoms with Crippen LogP contribution in [0.4, 0.5) is 18.9 Å². The molecular formula is C21H22ClF3N2O4S. The Hall–Kier alpha value is -2.30. The molecule has 32 heavy (non-hydrogen) atoms. The fraction of sp³-hybridized carbons (Fsp3) is 0.381. The number of rotatable bonds is 7. The smallest absolute Gasteiger partial charge is 0.416 e. The first-order valence-electron chi connectivity index (χ1n) is 9.99. The van der Waals surface area contributed by atoms with E-state index in [-0.39, 0.29) is 33.5 Å². The number of benzene rings is 2. The zero-order chi connectivity index (χ0) is 23.5. The molecule has 3 rings (SSSR count). The molecule has 1 saturated heterocycles. The van der Waals surface area contributed by atoms with Gasteiger partial charge < -0.3 is 10.1 Å². The Morgan fingerprint density at radius 2 is 1.84 bits per heavy atom. The van der Waals surface area contributed by atoms with E-state index < -0.39 is 27.7 Å². The molecule has 1 fully saturated rings. The van der Waals surface area contributed by atoms with Gasteiger partial charge in [0.15, 0.2) is 0 Å². The summed E-state index contributed by atoms with van der Waals surface area (Å²) in [6, 6.07) is 6.46. The number of halogens is 4. The Kier molecular flexibility index (Phi) is 7.36. The van der Waals surface area contributed by atoms with Crippen LogP contribution in [0.3, 0.4) is 0 Å². The molecule has 0 spiro atoms. The number of ether oxygens (including phenoxy) is 1. The topological polar surface area (TPSA) is 75.7 Å². The van der Waals surface area contributed by atoms with Gasteiger partial charge in [-0.25, -0.2) is 8.42 Å². The molecule has 1 heterocycles. The second-order valence-electron chi connectivity index (χ2n) is 7.26. The maximum Gasteiger partial charge on any atom is 0.416 e. The lowest BCUT2D eigenvalue weighted by Gasteiger charge is -2.17. The van der Waals surface area contributed by atoms with Crippen molar-refractivity contribution < 1.29 is 31.1 Å². The molecule has 174 valence electrons. The Morgan fingerprint density at radius 3 is 2.47 bits per heavy atom. The summed E-state index contributed by atoms with van der Waals surface area (Å²) in [7, 11) is -3.81. The van der Waals surface area contributed by atoms with Crippen LogP contribution >= 0.6 is 11.6 Å². The van der Waals surface area contributed by atoms with E-state index in [9.17, 15) is 26.4 Å². The molecule has 1 aliphatic heterocycles. The molecule has 0 aromatic heterocycles. The summed E-state index contributed by atoms with van der Waals surface area (Å²) in [6.45, 7) is 2.83. The number of carbonyl (C=O) groups is 1. The van der Waals surface area contributed by atoms with Gasteiger partial charge >= 0.3 is 6.18 Å². The minimum Gasteiger partial charge on any atom is -0.491 e. The van der Waals surface area contributed by atoms with Crippen molar-refractivity contribution in [3.63, 3.8) is 0 Å². The van der Waals surface area contributed by atoms with E-state index in [4.69, 9.17) is 16.3 Å². The molecule has 0 saturated carbocycles. The van der Waals surface area contributed by atoms with E-state index in [0.29, 0.717) is 19.5 Å². The van der Waals surface area contributed by atoms with Gasteiger partial charge in [0.25, 0.3) is 5.91 Å². The SMILES string of the molecule is CCCOc1ccc(C(F)(F)F)cc1NC(=O)c1cc(S(=O)(=O)N2CCCC2)ccc1Cl. The van der Waals surface area contributed by atoms with E-state index in [1.165, 1.54) is 16.4 Å². The van der Waals surface area contributed by atoms with Gasteiger partial charge in [-0.05, 0) is 55.7 Å². The van der Waals surface area contributed by atoms with Gasteiger partial charge in [-0.15, -0.1) is 0 Å². The average Bonchev–Trinajstić information content (AvgIpc) is 3.28. The summed E-state index contributed by atoms with van der Waals surface area (Å²) >= 11 is 6.11. The standard InChI is InChI=1S/C21H22ClF3N2O4S/c1-2-11-31-19-8-5-14(21(23,24)25)12-18(19)26-20(28)16-13-15(6-7-17(16)22)32(29,30)27-9-3-4-10-27/h5-8,12-13H,2-4,9-11H2,1H3,(H,26,28). The van der Waals surface area contributed by atoms with Crippen LogP contribution in [0.25, 0.3) is 0 Å². The van der Waals surface area contributed by atoms with Crippen molar-refractivity contribution in [1.29, 1.82) is 0 Å². The third-order valence-corrected chi connectivity index (χ3v) is 7.13. The van der Waals surface area contributed by atoms with Gasteiger partial charge in [-0.1, -0.05) is 18.5 Å². The van der Waals surface area contributed by atoms with Crippen molar-refractivity contribution in [2.24, 2.45) is 0 Å². The number of hydrogen-bond acceptors (Lipinski definition) is 4. The molecule has 0 unspecified atom stereocenters. The molecule has 0 atom stereocenters. The van der Waals surface area contributed by atoms with Crippen molar-refractivity contribution in [3.05, 3.63) is 52.5 Å². The van der Waals surface area contributed by atoms with Crippen LogP contribution in [0.1, 0.15) is 42.1 Å². The number of carbonyl (C=O) groups excluding carboxylic acids is 1. The molecule has 6 nitrogen and oxygen atoms in total. The molecule has 1 amide bonds. The Morgan fingerprint density at radius 1 is 1.16 bits per heavy atom. The molecule has 11 heteroatoms. The highest BCUT2D eigenvalue weighted by molar-refractivity contribution is 7.89. The first-order valence-corrected chi connectivity index (χ1v) is 11.8. The van der Waals surface area contributed by atoms with E-state index in [1.54, 1.807) is 0 Å². The van der Waals surface area contributed by atoms with Gasteiger partial charge in [-0.2, -0.15) is 17.5 Å². The predicted octanol–water partition coefficient (Wildman–Crippen LogP) is 5.18. The van der Waals surface area contributed by atoms with Gasteiger partial charge in [0.2, 0.25) is 10.0 Å². The second-order valence-corrected chi connectivity index (χ2v) is 9.61. The Balaban J connectivity index is 1.94. The van der Waals surface area contributed by atoms with Crippen molar-refractivity contribution in [3.8, 4) is 5.75 Å². The minimum atomic E-state index is -4.62.